The lowest BCUT2D eigenvalue weighted by atomic mass is 10.3. The topological polar surface area (TPSA) is 68.3 Å². The highest BCUT2D eigenvalue weighted by molar-refractivity contribution is 7.92. The molecule has 0 atom stereocenters. The Morgan fingerprint density at radius 3 is 1.00 bits per heavy atom. The first-order valence-electron chi connectivity index (χ1n) is 5.48. The van der Waals surface area contributed by atoms with Crippen LogP contribution in [0.1, 0.15) is 48.5 Å². The SMILES string of the molecule is CC(C)(C)S(C)(=O)=O.CCS(=O)(=O)C(C)(C)C. The van der Waals surface area contributed by atoms with Crippen molar-refractivity contribution in [2.75, 3.05) is 12.0 Å². The van der Waals surface area contributed by atoms with Gasteiger partial charge in [-0.3, -0.25) is 0 Å². The molecule has 0 aliphatic heterocycles. The van der Waals surface area contributed by atoms with Gasteiger partial charge in [0.1, 0.15) is 0 Å². The summed E-state index contributed by atoms with van der Waals surface area (Å²) in [6.07, 6.45) is 1.24. The summed E-state index contributed by atoms with van der Waals surface area (Å²) in [5, 5.41) is 0. The van der Waals surface area contributed by atoms with E-state index in [1.54, 1.807) is 48.5 Å². The maximum Gasteiger partial charge on any atom is 0.154 e. The maximum absolute atomic E-state index is 11.0. The van der Waals surface area contributed by atoms with Crippen LogP contribution in [0.2, 0.25) is 0 Å². The van der Waals surface area contributed by atoms with Gasteiger partial charge in [-0.1, -0.05) is 6.92 Å². The first kappa shape index (κ1) is 19.2. The van der Waals surface area contributed by atoms with Crippen molar-refractivity contribution < 1.29 is 16.8 Å². The Labute approximate surface area is 107 Å². The molecule has 0 heterocycles. The minimum Gasteiger partial charge on any atom is -0.229 e. The second-order valence-electron chi connectivity index (χ2n) is 5.90. The smallest absolute Gasteiger partial charge is 0.154 e. The molecule has 0 fully saturated rings. The molecule has 0 radical (unpaired) electrons. The van der Waals surface area contributed by atoms with E-state index in [1.165, 1.54) is 6.26 Å². The zero-order chi connectivity index (χ0) is 14.7. The quantitative estimate of drug-likeness (QED) is 0.740. The summed E-state index contributed by atoms with van der Waals surface area (Å²) in [6.45, 7) is 11.9. The van der Waals surface area contributed by atoms with Crippen LogP contribution in [0.3, 0.4) is 0 Å². The van der Waals surface area contributed by atoms with Gasteiger partial charge in [0.25, 0.3) is 0 Å². The zero-order valence-corrected chi connectivity index (χ0v) is 13.8. The van der Waals surface area contributed by atoms with Crippen LogP contribution in [0, 0.1) is 0 Å². The van der Waals surface area contributed by atoms with Gasteiger partial charge >= 0.3 is 0 Å². The van der Waals surface area contributed by atoms with Crippen LogP contribution >= 0.6 is 0 Å². The summed E-state index contributed by atoms with van der Waals surface area (Å²) in [6, 6.07) is 0. The molecule has 106 valence electrons. The first-order valence-corrected chi connectivity index (χ1v) is 9.02. The van der Waals surface area contributed by atoms with Crippen molar-refractivity contribution in [2.24, 2.45) is 0 Å². The largest absolute Gasteiger partial charge is 0.229 e. The summed E-state index contributed by atoms with van der Waals surface area (Å²) in [4.78, 5) is 0. The molecular weight excluding hydrogens is 260 g/mol. The van der Waals surface area contributed by atoms with Gasteiger partial charge in [-0.05, 0) is 41.5 Å². The summed E-state index contributed by atoms with van der Waals surface area (Å²) < 4.78 is 42.2. The van der Waals surface area contributed by atoms with E-state index in [9.17, 15) is 16.8 Å². The molecule has 0 aromatic heterocycles. The Morgan fingerprint density at radius 1 is 0.765 bits per heavy atom. The molecule has 6 heteroatoms. The summed E-state index contributed by atoms with van der Waals surface area (Å²) in [7, 11) is -5.68. The lowest BCUT2D eigenvalue weighted by Crippen LogP contribution is -2.29. The highest BCUT2D eigenvalue weighted by atomic mass is 32.2. The van der Waals surface area contributed by atoms with E-state index in [0.717, 1.165) is 0 Å². The Kier molecular flexibility index (Phi) is 6.45. The van der Waals surface area contributed by atoms with Crippen LogP contribution in [0.15, 0.2) is 0 Å². The molecule has 0 aliphatic carbocycles. The molecule has 0 spiro atoms. The molecule has 0 rings (SSSR count). The predicted molar refractivity (Wildman–Crippen MR) is 73.8 cm³/mol. The molecule has 4 nitrogen and oxygen atoms in total. The fourth-order valence-corrected chi connectivity index (χ4v) is 1.30. The average molecular weight is 286 g/mol. The Bertz CT molecular complexity index is 417. The molecule has 0 N–H and O–H groups in total. The van der Waals surface area contributed by atoms with E-state index in [0.29, 0.717) is 0 Å². The lowest BCUT2D eigenvalue weighted by Gasteiger charge is -2.16. The third-order valence-electron chi connectivity index (χ3n) is 2.43. The van der Waals surface area contributed by atoms with Gasteiger partial charge in [-0.2, -0.15) is 0 Å². The Balaban J connectivity index is 0. The Morgan fingerprint density at radius 2 is 1.00 bits per heavy atom. The minimum atomic E-state index is -2.84. The molecule has 0 bridgehead atoms. The van der Waals surface area contributed by atoms with Gasteiger partial charge in [0, 0.05) is 12.0 Å². The predicted octanol–water partition coefficient (Wildman–Crippen LogP) is 2.05. The number of rotatable bonds is 1. The molecule has 0 unspecified atom stereocenters. The molecule has 0 saturated carbocycles. The monoisotopic (exact) mass is 286 g/mol. The van der Waals surface area contributed by atoms with Gasteiger partial charge < -0.3 is 0 Å². The van der Waals surface area contributed by atoms with Crippen molar-refractivity contribution in [1.82, 2.24) is 0 Å². The molecule has 0 aromatic rings. The van der Waals surface area contributed by atoms with Crippen LogP contribution in [0.25, 0.3) is 0 Å². The normalized spacial score (nSPS) is 13.9. The van der Waals surface area contributed by atoms with E-state index in [1.807, 2.05) is 0 Å². The third-order valence-corrected chi connectivity index (χ3v) is 7.28. The van der Waals surface area contributed by atoms with Gasteiger partial charge in [0.2, 0.25) is 0 Å². The van der Waals surface area contributed by atoms with Crippen LogP contribution < -0.4 is 0 Å². The summed E-state index contributed by atoms with van der Waals surface area (Å²) >= 11 is 0. The van der Waals surface area contributed by atoms with Crippen LogP contribution in [0.4, 0.5) is 0 Å². The third kappa shape index (κ3) is 7.03. The van der Waals surface area contributed by atoms with Crippen LogP contribution in [0.5, 0.6) is 0 Å². The van der Waals surface area contributed by atoms with E-state index < -0.39 is 29.2 Å². The summed E-state index contributed by atoms with van der Waals surface area (Å²) in [5.41, 5.74) is 0. The molecule has 0 aromatic carbocycles. The van der Waals surface area contributed by atoms with Crippen molar-refractivity contribution in [2.45, 2.75) is 58.0 Å². The van der Waals surface area contributed by atoms with Crippen molar-refractivity contribution in [3.8, 4) is 0 Å². The minimum absolute atomic E-state index is 0.233. The molecule has 0 aliphatic rings. The van der Waals surface area contributed by atoms with E-state index >= 15 is 0 Å². The van der Waals surface area contributed by atoms with Crippen molar-refractivity contribution in [1.29, 1.82) is 0 Å². The first-order chi connectivity index (χ1) is 7.06. The summed E-state index contributed by atoms with van der Waals surface area (Å²) in [5.74, 6) is 0.233. The fraction of sp³-hybridized carbons (Fsp3) is 1.00. The number of sulfone groups is 2. The standard InChI is InChI=1S/C6H14O2S.C5H12O2S/c1-5-9(7,8)6(2,3)4;1-5(2,3)8(4,6)7/h5H2,1-4H3;1-4H3. The van der Waals surface area contributed by atoms with E-state index in [2.05, 4.69) is 0 Å². The van der Waals surface area contributed by atoms with Gasteiger partial charge in [0.15, 0.2) is 19.7 Å². The van der Waals surface area contributed by atoms with Crippen molar-refractivity contribution in [3.63, 3.8) is 0 Å². The number of hydrogen-bond acceptors (Lipinski definition) is 4. The van der Waals surface area contributed by atoms with Gasteiger partial charge in [-0.25, -0.2) is 16.8 Å². The van der Waals surface area contributed by atoms with E-state index in [-0.39, 0.29) is 5.75 Å². The molecular formula is C11H26O4S2. The van der Waals surface area contributed by atoms with Crippen molar-refractivity contribution in [3.05, 3.63) is 0 Å². The highest BCUT2D eigenvalue weighted by Gasteiger charge is 2.26. The van der Waals surface area contributed by atoms with Crippen LogP contribution in [-0.4, -0.2) is 38.3 Å². The van der Waals surface area contributed by atoms with E-state index in [4.69, 9.17) is 0 Å². The lowest BCUT2D eigenvalue weighted by molar-refractivity contribution is 0.561. The average Bonchev–Trinajstić information content (AvgIpc) is 1.99. The zero-order valence-electron chi connectivity index (χ0n) is 12.2. The molecule has 0 saturated heterocycles. The highest BCUT2D eigenvalue weighted by Crippen LogP contribution is 2.14. The maximum atomic E-state index is 11.0. The van der Waals surface area contributed by atoms with Gasteiger partial charge in [-0.15, -0.1) is 0 Å². The fourth-order valence-electron chi connectivity index (χ4n) is 0.433. The Hall–Kier alpha value is -0.100. The molecule has 17 heavy (non-hydrogen) atoms. The number of hydrogen-bond donors (Lipinski definition) is 0. The van der Waals surface area contributed by atoms with Gasteiger partial charge in [0.05, 0.1) is 9.49 Å². The second-order valence-corrected chi connectivity index (χ2v) is 11.7. The van der Waals surface area contributed by atoms with Crippen molar-refractivity contribution >= 4 is 19.7 Å². The van der Waals surface area contributed by atoms with Crippen LogP contribution in [-0.2, 0) is 19.7 Å². The second kappa shape index (κ2) is 5.69. The molecule has 0 amide bonds.